The first-order chi connectivity index (χ1) is 21.1. The van der Waals surface area contributed by atoms with Crippen molar-refractivity contribution in [3.8, 4) is 0 Å². The highest BCUT2D eigenvalue weighted by Gasteiger charge is 2.51. The number of hydrogen-bond acceptors (Lipinski definition) is 15. The summed E-state index contributed by atoms with van der Waals surface area (Å²) in [5.41, 5.74) is 0.937. The highest BCUT2D eigenvalue weighted by Crippen LogP contribution is 2.59. The van der Waals surface area contributed by atoms with E-state index in [0.29, 0.717) is 15.9 Å². The normalized spacial score (nSPS) is 25.8. The fourth-order valence-corrected chi connectivity index (χ4v) is 5.98. The Kier molecular flexibility index (Phi) is 14.9. The minimum atomic E-state index is -3.80. The van der Waals surface area contributed by atoms with Crippen molar-refractivity contribution in [3.63, 3.8) is 0 Å². The van der Waals surface area contributed by atoms with Gasteiger partial charge in [0.2, 0.25) is 0 Å². The SMILES string of the molecule is CCOP(=O)(OCC)C(C)(C)/[N+]([O-])=C/c1ccc(CNC(=O)[C@H](O)[C@@H](O)[C@H](O[C@@H]2O[C@H](CO)[C@H](O)[C@H](O)[C@H]2O)[C@H](O)CO)cc1. The lowest BCUT2D eigenvalue weighted by Gasteiger charge is -2.42. The van der Waals surface area contributed by atoms with Gasteiger partial charge in [0.05, 0.1) is 26.4 Å². The largest absolute Gasteiger partial charge is 0.623 e. The molecule has 1 aromatic carbocycles. The first kappa shape index (κ1) is 39.1. The molecule has 1 amide bonds. The number of aliphatic hydroxyl groups is 8. The van der Waals surface area contributed by atoms with Crippen LogP contribution in [0.3, 0.4) is 0 Å². The van der Waals surface area contributed by atoms with Crippen molar-refractivity contribution in [1.29, 1.82) is 0 Å². The second-order valence-electron chi connectivity index (χ2n) is 10.7. The molecule has 1 heterocycles. The van der Waals surface area contributed by atoms with Gasteiger partial charge in [0.25, 0.3) is 11.2 Å². The lowest BCUT2D eigenvalue weighted by atomic mass is 9.98. The average molecular weight is 669 g/mol. The van der Waals surface area contributed by atoms with Crippen molar-refractivity contribution in [2.45, 2.75) is 94.6 Å². The summed E-state index contributed by atoms with van der Waals surface area (Å²) >= 11 is 0. The minimum absolute atomic E-state index is 0.0780. The molecular formula is C27H45N2O15P. The Hall–Kier alpha value is -2.09. The first-order valence-electron chi connectivity index (χ1n) is 14.3. The number of ether oxygens (including phenoxy) is 2. The van der Waals surface area contributed by atoms with Gasteiger partial charge in [0.1, 0.15) is 42.7 Å². The van der Waals surface area contributed by atoms with Crippen molar-refractivity contribution in [2.24, 2.45) is 0 Å². The van der Waals surface area contributed by atoms with Crippen LogP contribution in [0, 0.1) is 5.21 Å². The number of carbonyl (C=O) groups excluding carboxylic acids is 1. The Labute approximate surface area is 260 Å². The van der Waals surface area contributed by atoms with Gasteiger partial charge in [-0.3, -0.25) is 9.36 Å². The van der Waals surface area contributed by atoms with E-state index in [1.165, 1.54) is 20.1 Å². The maximum atomic E-state index is 13.2. The van der Waals surface area contributed by atoms with Crippen LogP contribution in [0.5, 0.6) is 0 Å². The second kappa shape index (κ2) is 17.2. The van der Waals surface area contributed by atoms with Crippen molar-refractivity contribution in [2.75, 3.05) is 26.4 Å². The van der Waals surface area contributed by atoms with Crippen LogP contribution in [0.25, 0.3) is 0 Å². The predicted molar refractivity (Wildman–Crippen MR) is 156 cm³/mol. The van der Waals surface area contributed by atoms with Crippen LogP contribution in [-0.4, -0.2) is 145 Å². The number of aliphatic hydroxyl groups excluding tert-OH is 8. The molecule has 1 aliphatic rings. The third-order valence-corrected chi connectivity index (χ3v) is 9.89. The molecular weight excluding hydrogens is 623 g/mol. The average Bonchev–Trinajstić information content (AvgIpc) is 3.01. The molecule has 9 atom stereocenters. The Morgan fingerprint density at radius 2 is 1.64 bits per heavy atom. The van der Waals surface area contributed by atoms with E-state index < -0.39 is 87.1 Å². The van der Waals surface area contributed by atoms with Gasteiger partial charge in [0.15, 0.2) is 18.6 Å². The molecule has 0 aromatic heterocycles. The molecule has 1 fully saturated rings. The summed E-state index contributed by atoms with van der Waals surface area (Å²) in [6.07, 6.45) is -15.8. The van der Waals surface area contributed by atoms with Crippen molar-refractivity contribution in [3.05, 3.63) is 40.6 Å². The molecule has 0 spiro atoms. The lowest BCUT2D eigenvalue weighted by molar-refractivity contribution is -0.510. The molecule has 1 aliphatic heterocycles. The Morgan fingerprint density at radius 1 is 1.07 bits per heavy atom. The molecule has 0 radical (unpaired) electrons. The van der Waals surface area contributed by atoms with Crippen molar-refractivity contribution < 1.29 is 73.5 Å². The van der Waals surface area contributed by atoms with E-state index in [1.807, 2.05) is 0 Å². The van der Waals surface area contributed by atoms with E-state index in [4.69, 9.17) is 18.5 Å². The second-order valence-corrected chi connectivity index (χ2v) is 13.3. The summed E-state index contributed by atoms with van der Waals surface area (Å²) < 4.78 is 34.7. The van der Waals surface area contributed by atoms with Crippen LogP contribution in [0.2, 0.25) is 0 Å². The van der Waals surface area contributed by atoms with Gasteiger partial charge in [-0.05, 0) is 31.5 Å². The van der Waals surface area contributed by atoms with Crippen LogP contribution in [-0.2, 0) is 34.4 Å². The lowest BCUT2D eigenvalue weighted by Crippen LogP contribution is -2.62. The maximum Gasteiger partial charge on any atom is 0.401 e. The topological polar surface area (TPSA) is 271 Å². The van der Waals surface area contributed by atoms with Crippen LogP contribution < -0.4 is 5.32 Å². The maximum absolute atomic E-state index is 13.2. The number of amides is 1. The Morgan fingerprint density at radius 3 is 2.16 bits per heavy atom. The highest BCUT2D eigenvalue weighted by atomic mass is 31.2. The number of benzene rings is 1. The molecule has 9 N–H and O–H groups in total. The molecule has 0 saturated carbocycles. The zero-order chi connectivity index (χ0) is 34.1. The molecule has 0 aliphatic carbocycles. The summed E-state index contributed by atoms with van der Waals surface area (Å²) in [6, 6.07) is 6.20. The molecule has 45 heavy (non-hydrogen) atoms. The molecule has 258 valence electrons. The minimum Gasteiger partial charge on any atom is -0.623 e. The molecule has 1 aromatic rings. The smallest absolute Gasteiger partial charge is 0.401 e. The fraction of sp³-hybridized carbons (Fsp3) is 0.704. The number of rotatable bonds is 17. The van der Waals surface area contributed by atoms with E-state index in [0.717, 1.165) is 0 Å². The summed E-state index contributed by atoms with van der Waals surface area (Å²) in [4.78, 5) is 12.6. The third kappa shape index (κ3) is 9.48. The number of hydrogen-bond donors (Lipinski definition) is 9. The van der Waals surface area contributed by atoms with Gasteiger partial charge < -0.3 is 69.9 Å². The van der Waals surface area contributed by atoms with Crippen LogP contribution in [0.15, 0.2) is 24.3 Å². The van der Waals surface area contributed by atoms with Crippen LogP contribution in [0.1, 0.15) is 38.8 Å². The number of hydroxylamine groups is 1. The molecule has 0 unspecified atom stereocenters. The number of carbonyl (C=O) groups is 1. The number of nitrogens with zero attached hydrogens (tertiary/aromatic N) is 1. The molecule has 2 rings (SSSR count). The Bertz CT molecular complexity index is 1140. The highest BCUT2D eigenvalue weighted by molar-refractivity contribution is 7.55. The summed E-state index contributed by atoms with van der Waals surface area (Å²) in [6.45, 7) is 4.34. The van der Waals surface area contributed by atoms with E-state index in [1.54, 1.807) is 38.1 Å². The summed E-state index contributed by atoms with van der Waals surface area (Å²) in [5.74, 6) is -1.11. The van der Waals surface area contributed by atoms with Gasteiger partial charge >= 0.3 is 7.60 Å². The molecule has 17 nitrogen and oxygen atoms in total. The van der Waals surface area contributed by atoms with E-state index in [2.05, 4.69) is 5.32 Å². The van der Waals surface area contributed by atoms with Crippen molar-refractivity contribution in [1.82, 2.24) is 5.32 Å². The van der Waals surface area contributed by atoms with E-state index in [-0.39, 0.29) is 19.8 Å². The fourth-order valence-electron chi connectivity index (χ4n) is 4.29. The summed E-state index contributed by atoms with van der Waals surface area (Å²) in [5, 5.41) is 93.9. The number of nitrogens with one attached hydrogen (secondary N) is 1. The third-order valence-electron chi connectivity index (χ3n) is 7.16. The van der Waals surface area contributed by atoms with Crippen LogP contribution >= 0.6 is 7.60 Å². The zero-order valence-electron chi connectivity index (χ0n) is 25.4. The quantitative estimate of drug-likeness (QED) is 0.0273. The van der Waals surface area contributed by atoms with E-state index >= 15 is 0 Å². The van der Waals surface area contributed by atoms with Gasteiger partial charge in [-0.1, -0.05) is 12.1 Å². The molecule has 0 bridgehead atoms. The zero-order valence-corrected chi connectivity index (χ0v) is 26.3. The predicted octanol–water partition coefficient (Wildman–Crippen LogP) is -2.51. The van der Waals surface area contributed by atoms with Gasteiger partial charge in [0, 0.05) is 26.0 Å². The van der Waals surface area contributed by atoms with E-state index in [9.17, 15) is 55.4 Å². The standard InChI is InChI=1S/C27H45N2O15P/c1-5-41-45(40,42-6-2)27(3,4)29(39)12-16-9-7-15(8-10-16)11-28-25(38)22(36)21(35)24(17(32)13-30)44-26-23(37)20(34)19(33)18(14-31)43-26/h7-10,12,17-24,26,30-37H,5-6,11,13-14H2,1-4H3,(H,28,38)/b29-12-/t17-,18-,19+,20+,21-,22-,23-,24-,26+/m1/s1. The van der Waals surface area contributed by atoms with Crippen molar-refractivity contribution >= 4 is 19.7 Å². The molecule has 18 heteroatoms. The first-order valence-corrected chi connectivity index (χ1v) is 15.8. The van der Waals surface area contributed by atoms with Gasteiger partial charge in [-0.2, -0.15) is 4.74 Å². The molecule has 1 saturated heterocycles. The monoisotopic (exact) mass is 668 g/mol. The van der Waals surface area contributed by atoms with Crippen LogP contribution in [0.4, 0.5) is 0 Å². The summed E-state index contributed by atoms with van der Waals surface area (Å²) in [7, 11) is -3.80. The van der Waals surface area contributed by atoms with Gasteiger partial charge in [-0.25, -0.2) is 0 Å². The Balaban J connectivity index is 2.08. The van der Waals surface area contributed by atoms with Gasteiger partial charge in [-0.15, -0.1) is 0 Å².